The quantitative estimate of drug-likeness (QED) is 0.354. The number of anilines is 1. The molecule has 38 heavy (non-hydrogen) atoms. The van der Waals surface area contributed by atoms with Crippen LogP contribution in [0.25, 0.3) is 0 Å². The van der Waals surface area contributed by atoms with E-state index in [9.17, 15) is 18.0 Å². The fraction of sp³-hybridized carbons (Fsp3) is 0.500. The van der Waals surface area contributed by atoms with Crippen LogP contribution in [-0.4, -0.2) is 50.0 Å². The molecule has 1 aliphatic rings. The number of sulfonamides is 1. The maximum Gasteiger partial charge on any atom is 0.242 e. The highest BCUT2D eigenvalue weighted by Gasteiger charge is 2.29. The van der Waals surface area contributed by atoms with Crippen LogP contribution in [0.4, 0.5) is 5.69 Å². The Morgan fingerprint density at radius 3 is 2.21 bits per heavy atom. The molecule has 1 atom stereocenters. The van der Waals surface area contributed by atoms with Gasteiger partial charge in [0, 0.05) is 41.2 Å². The fourth-order valence-corrected chi connectivity index (χ4v) is 6.21. The predicted molar refractivity (Wildman–Crippen MR) is 154 cm³/mol. The SMILES string of the molecule is CCc1ccc(N(CCCC(=O)N(Cc2c(Cl)cccc2Cl)[C@H](C)C(=O)NC2CCCC2)S(C)(=O)=O)cc1. The first kappa shape index (κ1) is 30.3. The molecule has 1 aliphatic carbocycles. The van der Waals surface area contributed by atoms with E-state index in [-0.39, 0.29) is 43.8 Å². The number of nitrogens with one attached hydrogen (secondary N) is 1. The summed E-state index contributed by atoms with van der Waals surface area (Å²) in [6.45, 7) is 3.95. The van der Waals surface area contributed by atoms with E-state index in [0.717, 1.165) is 43.9 Å². The van der Waals surface area contributed by atoms with Crippen molar-refractivity contribution in [1.82, 2.24) is 10.2 Å². The number of carbonyl (C=O) groups is 2. The zero-order valence-electron chi connectivity index (χ0n) is 22.3. The third kappa shape index (κ3) is 8.10. The molecule has 3 rings (SSSR count). The van der Waals surface area contributed by atoms with Crippen molar-refractivity contribution in [3.63, 3.8) is 0 Å². The van der Waals surface area contributed by atoms with E-state index in [1.165, 1.54) is 9.21 Å². The number of nitrogens with zero attached hydrogens (tertiary/aromatic N) is 2. The zero-order valence-corrected chi connectivity index (χ0v) is 24.6. The second-order valence-corrected chi connectivity index (χ2v) is 12.6. The van der Waals surface area contributed by atoms with Gasteiger partial charge in [-0.1, -0.05) is 61.2 Å². The van der Waals surface area contributed by atoms with Gasteiger partial charge in [-0.3, -0.25) is 13.9 Å². The van der Waals surface area contributed by atoms with Gasteiger partial charge in [-0.05, 0) is 62.4 Å². The number of benzene rings is 2. The zero-order chi connectivity index (χ0) is 27.9. The van der Waals surface area contributed by atoms with Crippen molar-refractivity contribution in [1.29, 1.82) is 0 Å². The van der Waals surface area contributed by atoms with Crippen LogP contribution in [-0.2, 0) is 32.6 Å². The van der Waals surface area contributed by atoms with Crippen LogP contribution in [0.3, 0.4) is 0 Å². The summed E-state index contributed by atoms with van der Waals surface area (Å²) in [7, 11) is -3.55. The van der Waals surface area contributed by atoms with Gasteiger partial charge in [0.2, 0.25) is 21.8 Å². The molecular formula is C28H37Cl2N3O4S. The van der Waals surface area contributed by atoms with Crippen molar-refractivity contribution in [2.75, 3.05) is 17.1 Å². The van der Waals surface area contributed by atoms with E-state index in [4.69, 9.17) is 23.2 Å². The normalized spacial score (nSPS) is 14.8. The number of amides is 2. The van der Waals surface area contributed by atoms with Gasteiger partial charge in [-0.2, -0.15) is 0 Å². The lowest BCUT2D eigenvalue weighted by atomic mass is 10.1. The largest absolute Gasteiger partial charge is 0.352 e. The van der Waals surface area contributed by atoms with Gasteiger partial charge in [0.1, 0.15) is 6.04 Å². The summed E-state index contributed by atoms with van der Waals surface area (Å²) in [6, 6.07) is 11.9. The smallest absolute Gasteiger partial charge is 0.242 e. The highest BCUT2D eigenvalue weighted by Crippen LogP contribution is 2.27. The topological polar surface area (TPSA) is 86.8 Å². The Balaban J connectivity index is 1.75. The molecule has 10 heteroatoms. The van der Waals surface area contributed by atoms with Crippen LogP contribution in [0.5, 0.6) is 0 Å². The van der Waals surface area contributed by atoms with E-state index in [1.54, 1.807) is 37.3 Å². The second kappa shape index (κ2) is 13.7. The van der Waals surface area contributed by atoms with Crippen LogP contribution in [0.1, 0.15) is 63.5 Å². The van der Waals surface area contributed by atoms with Crippen molar-refractivity contribution in [3.8, 4) is 0 Å². The summed E-state index contributed by atoms with van der Waals surface area (Å²) >= 11 is 12.8. The van der Waals surface area contributed by atoms with Crippen LogP contribution in [0.2, 0.25) is 10.0 Å². The second-order valence-electron chi connectivity index (χ2n) is 9.85. The maximum atomic E-state index is 13.5. The van der Waals surface area contributed by atoms with Crippen LogP contribution in [0, 0.1) is 0 Å². The highest BCUT2D eigenvalue weighted by atomic mass is 35.5. The number of halogens is 2. The molecule has 7 nitrogen and oxygen atoms in total. The lowest BCUT2D eigenvalue weighted by molar-refractivity contribution is -0.140. The van der Waals surface area contributed by atoms with Gasteiger partial charge < -0.3 is 10.2 Å². The van der Waals surface area contributed by atoms with Crippen molar-refractivity contribution in [3.05, 3.63) is 63.6 Å². The lowest BCUT2D eigenvalue weighted by Crippen LogP contribution is -2.49. The third-order valence-corrected chi connectivity index (χ3v) is 8.95. The molecule has 0 aliphatic heterocycles. The molecule has 208 valence electrons. The Morgan fingerprint density at radius 1 is 1.05 bits per heavy atom. The number of rotatable bonds is 12. The minimum atomic E-state index is -3.55. The van der Waals surface area contributed by atoms with Crippen LogP contribution >= 0.6 is 23.2 Å². The summed E-state index contributed by atoms with van der Waals surface area (Å²) in [5.74, 6) is -0.493. The minimum absolute atomic E-state index is 0.0577. The van der Waals surface area contributed by atoms with Crippen LogP contribution < -0.4 is 9.62 Å². The van der Waals surface area contributed by atoms with Crippen LogP contribution in [0.15, 0.2) is 42.5 Å². The lowest BCUT2D eigenvalue weighted by Gasteiger charge is -2.30. The van der Waals surface area contributed by atoms with E-state index >= 15 is 0 Å². The van der Waals surface area contributed by atoms with E-state index in [1.807, 2.05) is 19.1 Å². The number of aryl methyl sites for hydroxylation is 1. The average molecular weight is 583 g/mol. The van der Waals surface area contributed by atoms with Crippen molar-refractivity contribution in [2.24, 2.45) is 0 Å². The summed E-state index contributed by atoms with van der Waals surface area (Å²) in [5.41, 5.74) is 2.23. The highest BCUT2D eigenvalue weighted by molar-refractivity contribution is 7.92. The summed E-state index contributed by atoms with van der Waals surface area (Å²) in [4.78, 5) is 28.1. The molecule has 0 heterocycles. The summed E-state index contributed by atoms with van der Waals surface area (Å²) in [5, 5.41) is 3.90. The molecule has 2 amide bonds. The number of hydrogen-bond donors (Lipinski definition) is 1. The number of hydrogen-bond acceptors (Lipinski definition) is 4. The molecule has 2 aromatic rings. The molecule has 0 saturated heterocycles. The van der Waals surface area contributed by atoms with Crippen molar-refractivity contribution < 1.29 is 18.0 Å². The Labute approximate surface area is 236 Å². The van der Waals surface area contributed by atoms with Gasteiger partial charge >= 0.3 is 0 Å². The summed E-state index contributed by atoms with van der Waals surface area (Å²) < 4.78 is 26.4. The molecule has 0 unspecified atom stereocenters. The first-order valence-electron chi connectivity index (χ1n) is 13.1. The van der Waals surface area contributed by atoms with E-state index in [2.05, 4.69) is 5.32 Å². The van der Waals surface area contributed by atoms with E-state index in [0.29, 0.717) is 21.3 Å². The Bertz CT molecular complexity index is 1190. The van der Waals surface area contributed by atoms with Crippen molar-refractivity contribution in [2.45, 2.75) is 77.4 Å². The van der Waals surface area contributed by atoms with Gasteiger partial charge in [0.05, 0.1) is 11.9 Å². The molecule has 0 radical (unpaired) electrons. The molecule has 2 aromatic carbocycles. The first-order valence-corrected chi connectivity index (χ1v) is 15.7. The predicted octanol–water partition coefficient (Wildman–Crippen LogP) is 5.58. The third-order valence-electron chi connectivity index (χ3n) is 7.04. The molecule has 0 aromatic heterocycles. The van der Waals surface area contributed by atoms with E-state index < -0.39 is 16.1 Å². The van der Waals surface area contributed by atoms with Gasteiger partial charge in [0.15, 0.2) is 0 Å². The first-order chi connectivity index (χ1) is 18.0. The molecule has 1 N–H and O–H groups in total. The maximum absolute atomic E-state index is 13.5. The van der Waals surface area contributed by atoms with Gasteiger partial charge in [0.25, 0.3) is 0 Å². The standard InChI is InChI=1S/C28H37Cl2N3O4S/c1-4-21-14-16-23(17-15-21)33(38(3,36)37)18-8-13-27(34)32(19-24-25(29)11-7-12-26(24)30)20(2)28(35)31-22-9-5-6-10-22/h7,11-12,14-17,20,22H,4-6,8-10,13,18-19H2,1-3H3,(H,31,35)/t20-/m1/s1. The Morgan fingerprint density at radius 2 is 1.66 bits per heavy atom. The molecular weight excluding hydrogens is 545 g/mol. The minimum Gasteiger partial charge on any atom is -0.352 e. The molecule has 0 spiro atoms. The Hall–Kier alpha value is -2.29. The average Bonchev–Trinajstić information content (AvgIpc) is 3.38. The molecule has 1 saturated carbocycles. The Kier molecular flexibility index (Phi) is 10.9. The molecule has 0 bridgehead atoms. The fourth-order valence-electron chi connectivity index (χ4n) is 4.73. The molecule has 1 fully saturated rings. The van der Waals surface area contributed by atoms with Crippen molar-refractivity contribution >= 4 is 50.7 Å². The van der Waals surface area contributed by atoms with Gasteiger partial charge in [-0.25, -0.2) is 8.42 Å². The van der Waals surface area contributed by atoms with Gasteiger partial charge in [-0.15, -0.1) is 0 Å². The number of carbonyl (C=O) groups excluding carboxylic acids is 2. The summed E-state index contributed by atoms with van der Waals surface area (Å²) in [6.07, 6.45) is 6.37. The monoisotopic (exact) mass is 581 g/mol.